The Hall–Kier alpha value is -5.90. The lowest BCUT2D eigenvalue weighted by Gasteiger charge is -2.38. The van der Waals surface area contributed by atoms with Crippen LogP contribution in [0.3, 0.4) is 0 Å². The maximum Gasteiger partial charge on any atom is 0.312 e. The van der Waals surface area contributed by atoms with Crippen LogP contribution in [0.15, 0.2) is 76.2 Å². The summed E-state index contributed by atoms with van der Waals surface area (Å²) < 4.78 is 23.7. The Kier molecular flexibility index (Phi) is 19.2. The van der Waals surface area contributed by atoms with Gasteiger partial charge < -0.3 is 54.6 Å². The molecule has 3 aliphatic rings. The smallest absolute Gasteiger partial charge is 0.312 e. The second-order valence-corrected chi connectivity index (χ2v) is 18.6. The van der Waals surface area contributed by atoms with Crippen LogP contribution in [-0.2, 0) is 28.6 Å². The summed E-state index contributed by atoms with van der Waals surface area (Å²) >= 11 is 0. The second kappa shape index (κ2) is 23.9. The molecular formula is C53H72N2O13. The van der Waals surface area contributed by atoms with E-state index in [1.807, 2.05) is 13.0 Å². The topological polar surface area (TPSA) is 223 Å². The number of allylic oxidation sites excluding steroid dienone is 7. The average Bonchev–Trinajstić information content (AvgIpc) is 3.55. The Bertz CT molecular complexity index is 2410. The van der Waals surface area contributed by atoms with E-state index >= 15 is 0 Å². The summed E-state index contributed by atoms with van der Waals surface area (Å²) in [6.07, 6.45) is 14.5. The Morgan fingerprint density at radius 3 is 2.13 bits per heavy atom. The number of methoxy groups -OCH3 is 1. The van der Waals surface area contributed by atoms with Crippen molar-refractivity contribution in [3.63, 3.8) is 0 Å². The average molecular weight is 945 g/mol. The summed E-state index contributed by atoms with van der Waals surface area (Å²) in [5.74, 6) is -8.72. The minimum atomic E-state index is -2.08. The van der Waals surface area contributed by atoms with Gasteiger partial charge in [-0.2, -0.15) is 0 Å². The number of phenolic OH excluding ortho intramolecular Hbond substituents is 3. The van der Waals surface area contributed by atoms with Crippen molar-refractivity contribution in [3.05, 3.63) is 87.8 Å². The zero-order chi connectivity index (χ0) is 50.8. The molecule has 0 aliphatic carbocycles. The van der Waals surface area contributed by atoms with Gasteiger partial charge in [0.25, 0.3) is 11.7 Å². The highest BCUT2D eigenvalue weighted by molar-refractivity contribution is 6.23. The molecule has 0 aromatic heterocycles. The number of carbonyl (C=O) groups is 3. The van der Waals surface area contributed by atoms with E-state index in [9.17, 15) is 39.9 Å². The van der Waals surface area contributed by atoms with E-state index in [1.54, 1.807) is 39.8 Å². The minimum absolute atomic E-state index is 0.0304. The predicted octanol–water partition coefficient (Wildman–Crippen LogP) is 9.52. The standard InChI is InChI=1S/C53H72N2O13/c1-28(2)17-14-18-29(3)19-15-20-30(4)23-26-66-54-27-38-43-48(61)41-40(47(38)60)42-50(36(10)46(41)59)68-53(12,51(42)62)65-25-24-39(64-13)33(7)49(67-37(11)56)35(9)45(58)34(8)44(57)31(5)21-16-22-32(6)52(63)55-43/h16-17,19,21-25,27,31,33-35,39,44-45,49,57-61H,14-15,18,20,26H2,1-13H3,(H,55,63)/b21-16+,25-24+,29-19+,30-23+,32-22-,54-27+. The van der Waals surface area contributed by atoms with Crippen molar-refractivity contribution < 1.29 is 63.7 Å². The summed E-state index contributed by atoms with van der Waals surface area (Å²) in [6.45, 7) is 20.8. The number of esters is 1. The van der Waals surface area contributed by atoms with Gasteiger partial charge in [-0.15, -0.1) is 0 Å². The fourth-order valence-electron chi connectivity index (χ4n) is 8.52. The predicted molar refractivity (Wildman–Crippen MR) is 263 cm³/mol. The SMILES string of the molecule is COC1/C=C/OC2(C)Oc3c(C)c(O)c4c(O)c(c(/C=N/OC/C=C(\C)CC/C=C(\C)CCC=C(C)C)c(O)c4c3C2=O)NC(=O)/C(C)=C\C=C\C(C)C(O)C(C)C(O)C(C)C(OC(C)=O)C1C. The first-order chi connectivity index (χ1) is 32.0. The number of benzene rings is 2. The highest BCUT2D eigenvalue weighted by Gasteiger charge is 2.50. The fourth-order valence-corrected chi connectivity index (χ4v) is 8.52. The van der Waals surface area contributed by atoms with Crippen LogP contribution >= 0.6 is 0 Å². The largest absolute Gasteiger partial charge is 0.507 e. The molecule has 2 aromatic rings. The van der Waals surface area contributed by atoms with Gasteiger partial charge in [0.2, 0.25) is 0 Å². The molecule has 5 rings (SSSR count). The van der Waals surface area contributed by atoms with Crippen molar-refractivity contribution >= 4 is 40.3 Å². The Labute approximate surface area is 400 Å². The first kappa shape index (κ1) is 54.7. The third-order valence-electron chi connectivity index (χ3n) is 12.9. The number of nitrogens with one attached hydrogen (secondary N) is 1. The third-order valence-corrected chi connectivity index (χ3v) is 12.9. The van der Waals surface area contributed by atoms with Crippen molar-refractivity contribution in [3.8, 4) is 23.0 Å². The maximum atomic E-state index is 14.5. The number of oxime groups is 1. The summed E-state index contributed by atoms with van der Waals surface area (Å²) in [7, 11) is 1.43. The number of hydrogen-bond donors (Lipinski definition) is 6. The molecule has 0 fully saturated rings. The number of amides is 1. The fraction of sp³-hybridized carbons (Fsp3) is 0.509. The Morgan fingerprint density at radius 2 is 1.50 bits per heavy atom. The Morgan fingerprint density at radius 1 is 0.853 bits per heavy atom. The number of carbonyl (C=O) groups excluding carboxylic acids is 3. The van der Waals surface area contributed by atoms with E-state index in [0.29, 0.717) is 0 Å². The highest BCUT2D eigenvalue weighted by atomic mass is 16.7. The number of anilines is 1. The van der Waals surface area contributed by atoms with Crippen molar-refractivity contribution in [2.75, 3.05) is 19.0 Å². The number of aromatic hydroxyl groups is 3. The Balaban J connectivity index is 1.83. The van der Waals surface area contributed by atoms with Crippen LogP contribution in [-0.4, -0.2) is 93.3 Å². The number of Topliss-reactive ketones (excluding diaryl/α,β-unsaturated/α-hetero) is 1. The maximum absolute atomic E-state index is 14.5. The van der Waals surface area contributed by atoms with Gasteiger partial charge in [-0.25, -0.2) is 0 Å². The molecule has 3 heterocycles. The number of hydrogen-bond acceptors (Lipinski definition) is 14. The number of rotatable bonds is 12. The van der Waals surface area contributed by atoms with Gasteiger partial charge >= 0.3 is 11.8 Å². The van der Waals surface area contributed by atoms with Gasteiger partial charge in [-0.3, -0.25) is 14.4 Å². The summed E-state index contributed by atoms with van der Waals surface area (Å²) in [4.78, 5) is 46.3. The van der Waals surface area contributed by atoms with Gasteiger partial charge in [-0.1, -0.05) is 80.0 Å². The van der Waals surface area contributed by atoms with E-state index in [1.165, 1.54) is 64.4 Å². The van der Waals surface area contributed by atoms with Gasteiger partial charge in [0.15, 0.2) is 5.75 Å². The molecule has 3 aliphatic heterocycles. The molecule has 2 aromatic carbocycles. The van der Waals surface area contributed by atoms with Gasteiger partial charge in [0.05, 0.1) is 53.0 Å². The molecule has 6 N–H and O–H groups in total. The van der Waals surface area contributed by atoms with E-state index in [4.69, 9.17) is 23.8 Å². The van der Waals surface area contributed by atoms with Crippen LogP contribution in [0, 0.1) is 30.6 Å². The second-order valence-electron chi connectivity index (χ2n) is 18.6. The summed E-state index contributed by atoms with van der Waals surface area (Å²) in [5.41, 5.74) is 3.04. The minimum Gasteiger partial charge on any atom is -0.507 e. The number of nitrogens with zero attached hydrogens (tertiary/aromatic N) is 1. The summed E-state index contributed by atoms with van der Waals surface area (Å²) in [6, 6.07) is 0. The van der Waals surface area contributed by atoms with Crippen molar-refractivity contribution in [1.82, 2.24) is 0 Å². The summed E-state index contributed by atoms with van der Waals surface area (Å²) in [5, 5.41) is 64.7. The van der Waals surface area contributed by atoms with E-state index in [2.05, 4.69) is 43.4 Å². The van der Waals surface area contributed by atoms with E-state index < -0.39 is 88.8 Å². The number of ketones is 1. The molecule has 9 unspecified atom stereocenters. The zero-order valence-electron chi connectivity index (χ0n) is 41.8. The third kappa shape index (κ3) is 12.8. The van der Waals surface area contributed by atoms with Crippen molar-refractivity contribution in [2.45, 2.75) is 139 Å². The van der Waals surface area contributed by atoms with Crippen molar-refractivity contribution in [1.29, 1.82) is 0 Å². The monoisotopic (exact) mass is 945 g/mol. The van der Waals surface area contributed by atoms with E-state index in [-0.39, 0.29) is 51.1 Å². The highest BCUT2D eigenvalue weighted by Crippen LogP contribution is 2.55. The normalized spacial score (nSPS) is 28.1. The molecular weight excluding hydrogens is 873 g/mol. The van der Waals surface area contributed by atoms with Gasteiger partial charge in [0.1, 0.15) is 30.0 Å². The molecule has 1 amide bonds. The molecule has 0 saturated carbocycles. The quantitative estimate of drug-likeness (QED) is 0.0222. The zero-order valence-corrected chi connectivity index (χ0v) is 41.8. The van der Waals surface area contributed by atoms with Crippen LogP contribution in [0.5, 0.6) is 23.0 Å². The number of ether oxygens (including phenoxy) is 4. The molecule has 68 heavy (non-hydrogen) atoms. The van der Waals surface area contributed by atoms with Crippen LogP contribution in [0.4, 0.5) is 5.69 Å². The number of fused-ring (bicyclic) bond motifs is 14. The lowest BCUT2D eigenvalue weighted by atomic mass is 9.78. The van der Waals surface area contributed by atoms with Crippen molar-refractivity contribution in [2.24, 2.45) is 28.8 Å². The molecule has 372 valence electrons. The van der Waals surface area contributed by atoms with Gasteiger partial charge in [0, 0.05) is 61.2 Å². The molecule has 15 nitrogen and oxygen atoms in total. The van der Waals surface area contributed by atoms with E-state index in [0.717, 1.165) is 37.5 Å². The molecule has 15 heteroatoms. The number of phenols is 3. The van der Waals surface area contributed by atoms with Crippen LogP contribution in [0.2, 0.25) is 0 Å². The van der Waals surface area contributed by atoms with Gasteiger partial charge in [-0.05, 0) is 79.4 Å². The van der Waals surface area contributed by atoms with Crippen LogP contribution in [0.1, 0.15) is 123 Å². The van der Waals surface area contributed by atoms with Crippen LogP contribution in [0.25, 0.3) is 10.8 Å². The number of aliphatic hydroxyl groups is 2. The van der Waals surface area contributed by atoms with Crippen LogP contribution < -0.4 is 10.1 Å². The lowest BCUT2D eigenvalue weighted by Crippen LogP contribution is -2.46. The first-order valence-corrected chi connectivity index (χ1v) is 23.1. The molecule has 0 saturated heterocycles. The lowest BCUT2D eigenvalue weighted by molar-refractivity contribution is -0.160. The number of aliphatic hydroxyl groups excluding tert-OH is 2. The molecule has 0 radical (unpaired) electrons. The molecule has 9 atom stereocenters. The molecule has 5 bridgehead atoms. The molecule has 0 spiro atoms. The first-order valence-electron chi connectivity index (χ1n) is 23.1.